The zero-order chi connectivity index (χ0) is 13.1. The fourth-order valence-corrected chi connectivity index (χ4v) is 2.13. The lowest BCUT2D eigenvalue weighted by Crippen LogP contribution is -2.22. The van der Waals surface area contributed by atoms with Gasteiger partial charge in [0.1, 0.15) is 0 Å². The molecule has 2 rings (SSSR count). The van der Waals surface area contributed by atoms with Crippen LogP contribution in [0.1, 0.15) is 25.2 Å². The molecule has 0 bridgehead atoms. The first kappa shape index (κ1) is 13.5. The normalized spacial score (nSPS) is 11.2. The summed E-state index contributed by atoms with van der Waals surface area (Å²) in [5.74, 6) is 1.28. The Morgan fingerprint density at radius 2 is 2.17 bits per heavy atom. The van der Waals surface area contributed by atoms with Gasteiger partial charge in [-0.3, -0.25) is 0 Å². The van der Waals surface area contributed by atoms with Gasteiger partial charge in [-0.05, 0) is 41.1 Å². The summed E-state index contributed by atoms with van der Waals surface area (Å²) < 4.78 is 6.47. The van der Waals surface area contributed by atoms with E-state index in [1.54, 1.807) is 0 Å². The van der Waals surface area contributed by atoms with Gasteiger partial charge in [-0.25, -0.2) is 0 Å². The van der Waals surface area contributed by atoms with E-state index in [-0.39, 0.29) is 0 Å². The maximum atomic E-state index is 5.31. The summed E-state index contributed by atoms with van der Waals surface area (Å²) in [5.41, 5.74) is 2.21. The van der Waals surface area contributed by atoms with Crippen molar-refractivity contribution >= 4 is 22.6 Å². The van der Waals surface area contributed by atoms with Crippen LogP contribution in [0.15, 0.2) is 22.7 Å². The molecule has 0 aliphatic rings. The van der Waals surface area contributed by atoms with Crippen LogP contribution >= 0.6 is 22.6 Å². The quantitative estimate of drug-likeness (QED) is 0.855. The van der Waals surface area contributed by atoms with E-state index in [9.17, 15) is 0 Å². The third-order valence-electron chi connectivity index (χ3n) is 2.56. The van der Waals surface area contributed by atoms with Crippen LogP contribution in [0.3, 0.4) is 0 Å². The number of nitrogens with one attached hydrogen (secondary N) is 1. The molecule has 1 N–H and O–H groups in total. The molecular formula is C13H16IN3O. The second-order valence-electron chi connectivity index (χ2n) is 4.49. The first-order chi connectivity index (χ1) is 8.58. The van der Waals surface area contributed by atoms with Gasteiger partial charge in [0.05, 0.1) is 12.1 Å². The average Bonchev–Trinajstić information content (AvgIpc) is 2.78. The van der Waals surface area contributed by atoms with Crippen molar-refractivity contribution in [1.29, 1.82) is 0 Å². The summed E-state index contributed by atoms with van der Waals surface area (Å²) >= 11 is 2.31. The van der Waals surface area contributed by atoms with E-state index in [2.05, 4.69) is 64.9 Å². The molecule has 0 saturated carbocycles. The van der Waals surface area contributed by atoms with E-state index in [4.69, 9.17) is 4.52 Å². The van der Waals surface area contributed by atoms with Crippen LogP contribution in [-0.2, 0) is 6.54 Å². The van der Waals surface area contributed by atoms with Crippen molar-refractivity contribution in [2.45, 2.75) is 33.4 Å². The van der Waals surface area contributed by atoms with Crippen molar-refractivity contribution in [3.63, 3.8) is 0 Å². The van der Waals surface area contributed by atoms with E-state index < -0.39 is 0 Å². The Morgan fingerprint density at radius 3 is 2.89 bits per heavy atom. The first-order valence-electron chi connectivity index (χ1n) is 5.89. The van der Waals surface area contributed by atoms with Gasteiger partial charge < -0.3 is 9.84 Å². The summed E-state index contributed by atoms with van der Waals surface area (Å²) in [4.78, 5) is 4.41. The molecule has 1 aromatic carbocycles. The summed E-state index contributed by atoms with van der Waals surface area (Å²) in [6.45, 7) is 6.88. The number of aromatic nitrogens is 2. The largest absolute Gasteiger partial charge is 0.334 e. The molecule has 0 spiro atoms. The third-order valence-corrected chi connectivity index (χ3v) is 3.99. The molecule has 0 aliphatic heterocycles. The molecular weight excluding hydrogens is 341 g/mol. The first-order valence-corrected chi connectivity index (χ1v) is 6.97. The molecule has 0 aliphatic carbocycles. The maximum Gasteiger partial charge on any atom is 0.259 e. The van der Waals surface area contributed by atoms with Gasteiger partial charge >= 0.3 is 0 Å². The van der Waals surface area contributed by atoms with Crippen LogP contribution in [0.4, 0.5) is 0 Å². The van der Waals surface area contributed by atoms with E-state index in [0.717, 1.165) is 9.13 Å². The van der Waals surface area contributed by atoms with E-state index in [1.807, 2.05) is 12.1 Å². The number of hydrogen-bond donors (Lipinski definition) is 1. The maximum absolute atomic E-state index is 5.31. The van der Waals surface area contributed by atoms with E-state index in [0.29, 0.717) is 24.3 Å². The lowest BCUT2D eigenvalue weighted by atomic mass is 10.1. The molecule has 1 aromatic heterocycles. The highest BCUT2D eigenvalue weighted by Crippen LogP contribution is 2.25. The number of rotatable bonds is 4. The lowest BCUT2D eigenvalue weighted by molar-refractivity contribution is 0.417. The Kier molecular flexibility index (Phi) is 4.34. The van der Waals surface area contributed by atoms with Crippen LogP contribution in [0.25, 0.3) is 11.5 Å². The number of benzene rings is 1. The zero-order valence-electron chi connectivity index (χ0n) is 10.7. The Bertz CT molecular complexity index is 537. The summed E-state index contributed by atoms with van der Waals surface area (Å²) in [7, 11) is 0. The summed E-state index contributed by atoms with van der Waals surface area (Å²) in [5, 5.41) is 7.25. The van der Waals surface area contributed by atoms with Crippen molar-refractivity contribution in [1.82, 2.24) is 15.5 Å². The molecule has 1 heterocycles. The van der Waals surface area contributed by atoms with Crippen LogP contribution in [0.5, 0.6) is 0 Å². The fourth-order valence-electron chi connectivity index (χ4n) is 1.54. The molecule has 0 amide bonds. The minimum Gasteiger partial charge on any atom is -0.334 e. The van der Waals surface area contributed by atoms with E-state index >= 15 is 0 Å². The van der Waals surface area contributed by atoms with Crippen molar-refractivity contribution < 1.29 is 4.52 Å². The minimum atomic E-state index is 0.408. The van der Waals surface area contributed by atoms with E-state index in [1.165, 1.54) is 5.56 Å². The monoisotopic (exact) mass is 357 g/mol. The van der Waals surface area contributed by atoms with Gasteiger partial charge in [0.15, 0.2) is 5.82 Å². The van der Waals surface area contributed by atoms with Crippen molar-refractivity contribution in [3.05, 3.63) is 33.2 Å². The molecule has 0 saturated heterocycles. The molecule has 5 heteroatoms. The summed E-state index contributed by atoms with van der Waals surface area (Å²) in [6.07, 6.45) is 0. The molecule has 4 nitrogen and oxygen atoms in total. The minimum absolute atomic E-state index is 0.408. The average molecular weight is 357 g/mol. The molecule has 0 radical (unpaired) electrons. The Hall–Kier alpha value is -0.950. The van der Waals surface area contributed by atoms with Gasteiger partial charge in [-0.15, -0.1) is 0 Å². The standard InChI is InChI=1S/C13H16IN3O/c1-8(2)15-7-11-16-13(18-17-11)10-6-4-5-9(3)12(10)14/h4-6,8,15H,7H2,1-3H3. The molecule has 18 heavy (non-hydrogen) atoms. The fraction of sp³-hybridized carbons (Fsp3) is 0.385. The van der Waals surface area contributed by atoms with Gasteiger partial charge in [0.25, 0.3) is 5.89 Å². The molecule has 0 unspecified atom stereocenters. The Labute approximate surface area is 120 Å². The van der Waals surface area contributed by atoms with Crippen LogP contribution in [0, 0.1) is 10.5 Å². The number of nitrogens with zero attached hydrogens (tertiary/aromatic N) is 2. The molecule has 96 valence electrons. The van der Waals surface area contributed by atoms with Crippen LogP contribution < -0.4 is 5.32 Å². The smallest absolute Gasteiger partial charge is 0.259 e. The molecule has 0 fully saturated rings. The van der Waals surface area contributed by atoms with Gasteiger partial charge in [0, 0.05) is 9.61 Å². The second kappa shape index (κ2) is 5.79. The van der Waals surface area contributed by atoms with Gasteiger partial charge in [-0.1, -0.05) is 31.1 Å². The lowest BCUT2D eigenvalue weighted by Gasteiger charge is -2.03. The highest BCUT2D eigenvalue weighted by molar-refractivity contribution is 14.1. The number of aryl methyl sites for hydroxylation is 1. The number of hydrogen-bond acceptors (Lipinski definition) is 4. The zero-order valence-corrected chi connectivity index (χ0v) is 12.9. The Balaban J connectivity index is 2.21. The van der Waals surface area contributed by atoms with Gasteiger partial charge in [-0.2, -0.15) is 4.98 Å². The number of halogens is 1. The SMILES string of the molecule is Cc1cccc(-c2nc(CNC(C)C)no2)c1I. The second-order valence-corrected chi connectivity index (χ2v) is 5.57. The van der Waals surface area contributed by atoms with Crippen molar-refractivity contribution in [2.75, 3.05) is 0 Å². The third kappa shape index (κ3) is 3.08. The topological polar surface area (TPSA) is 51.0 Å². The summed E-state index contributed by atoms with van der Waals surface area (Å²) in [6, 6.07) is 6.49. The predicted molar refractivity (Wildman–Crippen MR) is 79.2 cm³/mol. The highest BCUT2D eigenvalue weighted by atomic mass is 127. The van der Waals surface area contributed by atoms with Crippen LogP contribution in [-0.4, -0.2) is 16.2 Å². The van der Waals surface area contributed by atoms with Gasteiger partial charge in [0.2, 0.25) is 0 Å². The van der Waals surface area contributed by atoms with Crippen molar-refractivity contribution in [2.24, 2.45) is 0 Å². The molecule has 0 atom stereocenters. The molecule has 2 aromatic rings. The van der Waals surface area contributed by atoms with Crippen LogP contribution in [0.2, 0.25) is 0 Å². The highest BCUT2D eigenvalue weighted by Gasteiger charge is 2.12. The predicted octanol–water partition coefficient (Wildman–Crippen LogP) is 3.15. The Morgan fingerprint density at radius 1 is 1.39 bits per heavy atom. The van der Waals surface area contributed by atoms with Crippen molar-refractivity contribution in [3.8, 4) is 11.5 Å².